The zero-order valence-corrected chi connectivity index (χ0v) is 17.2. The third-order valence-corrected chi connectivity index (χ3v) is 6.79. The quantitative estimate of drug-likeness (QED) is 0.704. The summed E-state index contributed by atoms with van der Waals surface area (Å²) in [7, 11) is -6.13. The van der Waals surface area contributed by atoms with Gasteiger partial charge >= 0.3 is 5.97 Å². The van der Waals surface area contributed by atoms with Crippen LogP contribution in [0.2, 0.25) is 5.02 Å². The maximum atomic E-state index is 12.6. The molecule has 0 radical (unpaired) electrons. The number of rotatable bonds is 6. The minimum Gasteiger partial charge on any atom is -0.465 e. The molecule has 146 valence electrons. The van der Waals surface area contributed by atoms with Crippen LogP contribution in [0, 0.1) is 0 Å². The Bertz CT molecular complexity index is 1060. The molecule has 7 nitrogen and oxygen atoms in total. The minimum absolute atomic E-state index is 0.0628. The molecule has 0 aliphatic rings. The smallest absolute Gasteiger partial charge is 0.339 e. The molecule has 0 bridgehead atoms. The number of sulfone groups is 1. The summed E-state index contributed by atoms with van der Waals surface area (Å²) in [6.07, 6.45) is 1.09. The lowest BCUT2D eigenvalue weighted by atomic mass is 10.1. The van der Waals surface area contributed by atoms with Gasteiger partial charge in [0.25, 0.3) is 0 Å². The second kappa shape index (κ2) is 7.97. The molecular weight excluding hydrogens is 414 g/mol. The molecule has 2 aromatic carbocycles. The van der Waals surface area contributed by atoms with Crippen LogP contribution in [-0.2, 0) is 24.6 Å². The SMILES string of the molecule is COC(=O)c1cc(S(=O)(=O)NC(C)c2ccc(S(C)(=O)=O)cc2)ccc1Cl. The van der Waals surface area contributed by atoms with Gasteiger partial charge in [0.15, 0.2) is 9.84 Å². The number of carbonyl (C=O) groups is 1. The van der Waals surface area contributed by atoms with E-state index in [0.717, 1.165) is 12.3 Å². The highest BCUT2D eigenvalue weighted by Gasteiger charge is 2.22. The highest BCUT2D eigenvalue weighted by molar-refractivity contribution is 7.90. The van der Waals surface area contributed by atoms with Crippen LogP contribution in [0.3, 0.4) is 0 Å². The van der Waals surface area contributed by atoms with Crippen molar-refractivity contribution in [2.75, 3.05) is 13.4 Å². The maximum Gasteiger partial charge on any atom is 0.339 e. The van der Waals surface area contributed by atoms with E-state index < -0.39 is 31.9 Å². The molecule has 0 aromatic heterocycles. The van der Waals surface area contributed by atoms with Crippen molar-refractivity contribution >= 4 is 37.4 Å². The molecule has 1 unspecified atom stereocenters. The fourth-order valence-electron chi connectivity index (χ4n) is 2.31. The Morgan fingerprint density at radius 2 is 1.59 bits per heavy atom. The summed E-state index contributed by atoms with van der Waals surface area (Å²) in [6, 6.07) is 8.96. The Hall–Kier alpha value is -1.94. The zero-order valence-electron chi connectivity index (χ0n) is 14.8. The minimum atomic E-state index is -3.96. The Morgan fingerprint density at radius 1 is 1.04 bits per heavy atom. The number of carbonyl (C=O) groups excluding carboxylic acids is 1. The van der Waals surface area contributed by atoms with Crippen molar-refractivity contribution in [1.29, 1.82) is 0 Å². The average molecular weight is 432 g/mol. The van der Waals surface area contributed by atoms with E-state index in [1.807, 2.05) is 0 Å². The highest BCUT2D eigenvalue weighted by atomic mass is 35.5. The molecule has 2 rings (SSSR count). The predicted molar refractivity (Wildman–Crippen MR) is 101 cm³/mol. The van der Waals surface area contributed by atoms with E-state index in [2.05, 4.69) is 9.46 Å². The number of hydrogen-bond donors (Lipinski definition) is 1. The van der Waals surface area contributed by atoms with Crippen molar-refractivity contribution in [3.8, 4) is 0 Å². The van der Waals surface area contributed by atoms with Crippen LogP contribution in [0.1, 0.15) is 28.9 Å². The van der Waals surface area contributed by atoms with Crippen molar-refractivity contribution in [3.63, 3.8) is 0 Å². The number of benzene rings is 2. The predicted octanol–water partition coefficient (Wildman–Crippen LogP) is 2.57. The number of halogens is 1. The first-order valence-electron chi connectivity index (χ1n) is 7.66. The first-order chi connectivity index (χ1) is 12.5. The lowest BCUT2D eigenvalue weighted by molar-refractivity contribution is 0.0600. The number of nitrogens with one attached hydrogen (secondary N) is 1. The molecule has 2 aromatic rings. The van der Waals surface area contributed by atoms with E-state index in [1.165, 1.54) is 43.5 Å². The molecule has 1 N–H and O–H groups in total. The fourth-order valence-corrected chi connectivity index (χ4v) is 4.39. The number of hydrogen-bond acceptors (Lipinski definition) is 6. The molecular formula is C17H18ClNO6S2. The van der Waals surface area contributed by atoms with Gasteiger partial charge in [0.2, 0.25) is 10.0 Å². The largest absolute Gasteiger partial charge is 0.465 e. The molecule has 0 saturated carbocycles. The standard InChI is InChI=1S/C17H18ClNO6S2/c1-11(12-4-6-13(7-5-12)26(3,21)22)19-27(23,24)14-8-9-16(18)15(10-14)17(20)25-2/h4-11,19H,1-3H3. The van der Waals surface area contributed by atoms with Crippen LogP contribution in [0.15, 0.2) is 52.3 Å². The summed E-state index contributed by atoms with van der Waals surface area (Å²) < 4.78 is 55.3. The number of esters is 1. The van der Waals surface area contributed by atoms with Gasteiger partial charge in [0, 0.05) is 12.3 Å². The Labute approximate surface area is 163 Å². The monoisotopic (exact) mass is 431 g/mol. The van der Waals surface area contributed by atoms with Crippen LogP contribution >= 0.6 is 11.6 Å². The van der Waals surface area contributed by atoms with Crippen LogP contribution in [0.4, 0.5) is 0 Å². The van der Waals surface area contributed by atoms with Crippen molar-refractivity contribution in [1.82, 2.24) is 4.72 Å². The fraction of sp³-hybridized carbons (Fsp3) is 0.235. The molecule has 0 aliphatic carbocycles. The van der Waals surface area contributed by atoms with Gasteiger partial charge in [-0.25, -0.2) is 26.4 Å². The van der Waals surface area contributed by atoms with E-state index in [-0.39, 0.29) is 20.4 Å². The summed E-state index contributed by atoms with van der Waals surface area (Å²) in [5, 5.41) is 0.0743. The molecule has 10 heteroatoms. The summed E-state index contributed by atoms with van der Waals surface area (Å²) in [6.45, 7) is 1.62. The molecule has 0 amide bonds. The Balaban J connectivity index is 2.29. The van der Waals surface area contributed by atoms with Gasteiger partial charge in [-0.15, -0.1) is 0 Å². The molecule has 27 heavy (non-hydrogen) atoms. The first-order valence-corrected chi connectivity index (χ1v) is 11.4. The zero-order chi connectivity index (χ0) is 20.4. The van der Waals surface area contributed by atoms with Crippen LogP contribution < -0.4 is 4.72 Å². The third kappa shape index (κ3) is 5.07. The van der Waals surface area contributed by atoms with Gasteiger partial charge in [-0.2, -0.15) is 0 Å². The van der Waals surface area contributed by atoms with Gasteiger partial charge in [0.1, 0.15) is 0 Å². The topological polar surface area (TPSA) is 107 Å². The van der Waals surface area contributed by atoms with Crippen LogP contribution in [-0.4, -0.2) is 36.2 Å². The molecule has 0 spiro atoms. The van der Waals surface area contributed by atoms with E-state index in [9.17, 15) is 21.6 Å². The maximum absolute atomic E-state index is 12.6. The molecule has 0 heterocycles. The number of ether oxygens (including phenoxy) is 1. The Kier molecular flexibility index (Phi) is 6.31. The average Bonchev–Trinajstić information content (AvgIpc) is 2.60. The van der Waals surface area contributed by atoms with Gasteiger partial charge in [0.05, 0.1) is 27.5 Å². The first kappa shape index (κ1) is 21.4. The summed E-state index contributed by atoms with van der Waals surface area (Å²) >= 11 is 5.91. The van der Waals surface area contributed by atoms with Crippen LogP contribution in [0.25, 0.3) is 0 Å². The van der Waals surface area contributed by atoms with E-state index in [1.54, 1.807) is 6.92 Å². The van der Waals surface area contributed by atoms with Crippen LogP contribution in [0.5, 0.6) is 0 Å². The summed E-state index contributed by atoms with van der Waals surface area (Å²) in [5.41, 5.74) is 0.514. The van der Waals surface area contributed by atoms with Gasteiger partial charge in [-0.05, 0) is 42.8 Å². The normalized spacial score (nSPS) is 13.2. The van der Waals surface area contributed by atoms with Crippen molar-refractivity contribution in [3.05, 3.63) is 58.6 Å². The highest BCUT2D eigenvalue weighted by Crippen LogP contribution is 2.23. The third-order valence-electron chi connectivity index (χ3n) is 3.79. The molecule has 0 fully saturated rings. The molecule has 0 saturated heterocycles. The Morgan fingerprint density at radius 3 is 2.11 bits per heavy atom. The molecule has 0 aliphatic heterocycles. The molecule has 1 atom stereocenters. The lowest BCUT2D eigenvalue weighted by Gasteiger charge is -2.15. The lowest BCUT2D eigenvalue weighted by Crippen LogP contribution is -2.27. The van der Waals surface area contributed by atoms with Gasteiger partial charge < -0.3 is 4.74 Å². The summed E-state index contributed by atoms with van der Waals surface area (Å²) in [5.74, 6) is -0.749. The van der Waals surface area contributed by atoms with Crippen molar-refractivity contribution in [2.24, 2.45) is 0 Å². The second-order valence-electron chi connectivity index (χ2n) is 5.82. The van der Waals surface area contributed by atoms with Crippen molar-refractivity contribution < 1.29 is 26.4 Å². The van der Waals surface area contributed by atoms with E-state index in [4.69, 9.17) is 11.6 Å². The van der Waals surface area contributed by atoms with Gasteiger partial charge in [-0.1, -0.05) is 23.7 Å². The van der Waals surface area contributed by atoms with E-state index in [0.29, 0.717) is 5.56 Å². The number of methoxy groups -OCH3 is 1. The summed E-state index contributed by atoms with van der Waals surface area (Å²) in [4.78, 5) is 11.7. The van der Waals surface area contributed by atoms with E-state index >= 15 is 0 Å². The second-order valence-corrected chi connectivity index (χ2v) is 9.95. The number of sulfonamides is 1. The van der Waals surface area contributed by atoms with Gasteiger partial charge in [-0.3, -0.25) is 0 Å². The van der Waals surface area contributed by atoms with Crippen molar-refractivity contribution in [2.45, 2.75) is 22.8 Å².